The average Bonchev–Trinajstić information content (AvgIpc) is 3.19. The van der Waals surface area contributed by atoms with Crippen LogP contribution in [0.3, 0.4) is 0 Å². The number of H-pyrrole nitrogens is 1. The molecule has 34 heavy (non-hydrogen) atoms. The summed E-state index contributed by atoms with van der Waals surface area (Å²) in [6.45, 7) is 13.7. The van der Waals surface area contributed by atoms with E-state index in [0.717, 1.165) is 44.2 Å². The molecule has 1 aliphatic heterocycles. The minimum absolute atomic E-state index is 0. The van der Waals surface area contributed by atoms with Crippen LogP contribution in [0.4, 0.5) is 0 Å². The first-order valence-corrected chi connectivity index (χ1v) is 11.9. The average molecular weight is 490 g/mol. The lowest BCUT2D eigenvalue weighted by molar-refractivity contribution is 0.0322. The molecular weight excluding hydrogens is 454 g/mol. The number of fused-ring (bicyclic) bond motifs is 1. The number of halogens is 1. The first-order chi connectivity index (χ1) is 15.9. The Labute approximate surface area is 207 Å². The Morgan fingerprint density at radius 2 is 1.82 bits per heavy atom. The molecule has 0 amide bonds. The van der Waals surface area contributed by atoms with Gasteiger partial charge in [-0.3, -0.25) is 9.69 Å². The molecule has 0 atom stereocenters. The number of aromatic nitrogens is 4. The zero-order valence-corrected chi connectivity index (χ0v) is 21.3. The molecule has 3 heterocycles. The van der Waals surface area contributed by atoms with E-state index in [9.17, 15) is 4.79 Å². The summed E-state index contributed by atoms with van der Waals surface area (Å²) in [5, 5.41) is 0. The smallest absolute Gasteiger partial charge is 0.279 e. The maximum absolute atomic E-state index is 12.8. The van der Waals surface area contributed by atoms with Gasteiger partial charge in [-0.25, -0.2) is 9.97 Å². The Morgan fingerprint density at radius 1 is 1.12 bits per heavy atom. The minimum atomic E-state index is -0.203. The lowest BCUT2D eigenvalue weighted by Gasteiger charge is -2.26. The molecule has 1 fully saturated rings. The molecule has 1 aliphatic rings. The number of hydrogen-bond acceptors (Lipinski definition) is 6. The van der Waals surface area contributed by atoms with Crippen molar-refractivity contribution >= 4 is 23.6 Å². The summed E-state index contributed by atoms with van der Waals surface area (Å²) >= 11 is 0. The second-order valence-electron chi connectivity index (χ2n) is 9.40. The molecule has 0 radical (unpaired) electrons. The van der Waals surface area contributed by atoms with Gasteiger partial charge >= 0.3 is 0 Å². The fourth-order valence-corrected chi connectivity index (χ4v) is 4.77. The van der Waals surface area contributed by atoms with Gasteiger partial charge in [0.1, 0.15) is 18.2 Å². The number of hydrogen-bond donors (Lipinski definition) is 1. The first-order valence-electron chi connectivity index (χ1n) is 11.9. The van der Waals surface area contributed by atoms with E-state index in [4.69, 9.17) is 14.5 Å². The summed E-state index contributed by atoms with van der Waals surface area (Å²) in [5.74, 6) is 2.23. The van der Waals surface area contributed by atoms with Gasteiger partial charge in [-0.05, 0) is 17.9 Å². The molecule has 1 N–H and O–H groups in total. The van der Waals surface area contributed by atoms with Crippen molar-refractivity contribution in [2.24, 2.45) is 11.8 Å². The van der Waals surface area contributed by atoms with E-state index in [2.05, 4.69) is 47.1 Å². The Kier molecular flexibility index (Phi) is 9.10. The molecule has 0 unspecified atom stereocenters. The van der Waals surface area contributed by atoms with Gasteiger partial charge < -0.3 is 19.0 Å². The Bertz CT molecular complexity index is 1110. The highest BCUT2D eigenvalue weighted by Crippen LogP contribution is 2.28. The maximum atomic E-state index is 12.8. The van der Waals surface area contributed by atoms with Crippen LogP contribution in [0.2, 0.25) is 0 Å². The highest BCUT2D eigenvalue weighted by atomic mass is 35.5. The zero-order valence-electron chi connectivity index (χ0n) is 20.5. The molecule has 0 bridgehead atoms. The molecular formula is C25H36ClN5O3. The minimum Gasteiger partial charge on any atom is -0.492 e. The van der Waals surface area contributed by atoms with Crippen LogP contribution < -0.4 is 10.3 Å². The molecule has 9 heteroatoms. The molecule has 8 nitrogen and oxygen atoms in total. The number of aromatic amines is 1. The topological polar surface area (TPSA) is 85.3 Å². The normalized spacial score (nSPS) is 14.8. The summed E-state index contributed by atoms with van der Waals surface area (Å²) in [6.07, 6.45) is 2.24. The Balaban J connectivity index is 0.00000324. The van der Waals surface area contributed by atoms with Crippen molar-refractivity contribution in [3.05, 3.63) is 52.3 Å². The van der Waals surface area contributed by atoms with E-state index < -0.39 is 0 Å². The predicted octanol–water partition coefficient (Wildman–Crippen LogP) is 3.70. The van der Waals surface area contributed by atoms with E-state index in [0.29, 0.717) is 41.9 Å². The van der Waals surface area contributed by atoms with Gasteiger partial charge in [0.25, 0.3) is 5.56 Å². The van der Waals surface area contributed by atoms with Gasteiger partial charge in [-0.15, -0.1) is 12.4 Å². The SMILES string of the molecule is CC(C)C(C(C)C)n1cnc2c(=O)[nH]c(Cc3ccccc3OCCN3CCOCC3)nc21.Cl. The molecule has 4 rings (SSSR count). The van der Waals surface area contributed by atoms with E-state index in [1.54, 1.807) is 6.33 Å². The maximum Gasteiger partial charge on any atom is 0.279 e. The third kappa shape index (κ3) is 5.98. The quantitative estimate of drug-likeness (QED) is 0.493. The van der Waals surface area contributed by atoms with Crippen LogP contribution in [-0.4, -0.2) is 63.9 Å². The number of nitrogens with zero attached hydrogens (tertiary/aromatic N) is 4. The van der Waals surface area contributed by atoms with Crippen LogP contribution in [0.25, 0.3) is 11.2 Å². The van der Waals surface area contributed by atoms with Gasteiger partial charge in [0.2, 0.25) is 0 Å². The number of imidazole rings is 1. The van der Waals surface area contributed by atoms with Crippen LogP contribution in [0.5, 0.6) is 5.75 Å². The van der Waals surface area contributed by atoms with Crippen LogP contribution in [0.1, 0.15) is 45.1 Å². The number of nitrogens with one attached hydrogen (secondary N) is 1. The van der Waals surface area contributed by atoms with Gasteiger partial charge in [0.15, 0.2) is 11.2 Å². The van der Waals surface area contributed by atoms with Gasteiger partial charge in [0, 0.05) is 37.7 Å². The Morgan fingerprint density at radius 3 is 2.53 bits per heavy atom. The predicted molar refractivity (Wildman–Crippen MR) is 136 cm³/mol. The third-order valence-electron chi connectivity index (χ3n) is 6.27. The molecule has 1 aromatic carbocycles. The monoisotopic (exact) mass is 489 g/mol. The second-order valence-corrected chi connectivity index (χ2v) is 9.40. The third-order valence-corrected chi connectivity index (χ3v) is 6.27. The first kappa shape index (κ1) is 26.2. The van der Waals surface area contributed by atoms with Gasteiger partial charge in [0.05, 0.1) is 19.5 Å². The van der Waals surface area contributed by atoms with Gasteiger partial charge in [-0.1, -0.05) is 45.9 Å². The second kappa shape index (κ2) is 11.8. The van der Waals surface area contributed by atoms with E-state index >= 15 is 0 Å². The largest absolute Gasteiger partial charge is 0.492 e. The van der Waals surface area contributed by atoms with Crippen molar-refractivity contribution in [2.75, 3.05) is 39.5 Å². The number of ether oxygens (including phenoxy) is 2. The van der Waals surface area contributed by atoms with Crippen molar-refractivity contribution in [1.82, 2.24) is 24.4 Å². The standard InChI is InChI=1S/C25H35N5O3.ClH/c1-17(2)23(18(3)4)30-16-26-22-24(30)27-21(28-25(22)31)15-19-7-5-6-8-20(19)33-14-11-29-9-12-32-13-10-29;/h5-8,16-18,23H,9-15H2,1-4H3,(H,27,28,31);1H. The number of rotatable bonds is 9. The van der Waals surface area contributed by atoms with Crippen molar-refractivity contribution in [3.8, 4) is 5.75 Å². The van der Waals surface area contributed by atoms with Crippen LogP contribution in [0, 0.1) is 11.8 Å². The Hall–Kier alpha value is -2.42. The number of benzene rings is 1. The van der Waals surface area contributed by atoms with Crippen molar-refractivity contribution in [3.63, 3.8) is 0 Å². The van der Waals surface area contributed by atoms with Crippen LogP contribution >= 0.6 is 12.4 Å². The lowest BCUT2D eigenvalue weighted by atomic mass is 9.93. The number of para-hydroxylation sites is 1. The zero-order chi connectivity index (χ0) is 23.4. The van der Waals surface area contributed by atoms with Crippen molar-refractivity contribution in [1.29, 1.82) is 0 Å². The fraction of sp³-hybridized carbons (Fsp3) is 0.560. The van der Waals surface area contributed by atoms with Crippen LogP contribution in [-0.2, 0) is 11.2 Å². The van der Waals surface area contributed by atoms with E-state index in [1.165, 1.54) is 0 Å². The molecule has 2 aromatic heterocycles. The van der Waals surface area contributed by atoms with Gasteiger partial charge in [-0.2, -0.15) is 0 Å². The van der Waals surface area contributed by atoms with Crippen molar-refractivity contribution < 1.29 is 9.47 Å². The summed E-state index contributed by atoms with van der Waals surface area (Å²) in [4.78, 5) is 27.3. The summed E-state index contributed by atoms with van der Waals surface area (Å²) < 4.78 is 13.6. The molecule has 1 saturated heterocycles. The highest BCUT2D eigenvalue weighted by Gasteiger charge is 2.23. The summed E-state index contributed by atoms with van der Waals surface area (Å²) in [5.41, 5.74) is 1.83. The molecule has 3 aromatic rings. The molecule has 0 spiro atoms. The fourth-order valence-electron chi connectivity index (χ4n) is 4.77. The van der Waals surface area contributed by atoms with E-state index in [1.807, 2.05) is 24.3 Å². The molecule has 186 valence electrons. The molecule has 0 aliphatic carbocycles. The summed E-state index contributed by atoms with van der Waals surface area (Å²) in [7, 11) is 0. The molecule has 0 saturated carbocycles. The van der Waals surface area contributed by atoms with Crippen LogP contribution in [0.15, 0.2) is 35.4 Å². The highest BCUT2D eigenvalue weighted by molar-refractivity contribution is 5.85. The summed E-state index contributed by atoms with van der Waals surface area (Å²) in [6, 6.07) is 8.17. The lowest BCUT2D eigenvalue weighted by Crippen LogP contribution is -2.38. The van der Waals surface area contributed by atoms with E-state index in [-0.39, 0.29) is 24.0 Å². The number of morpholine rings is 1. The van der Waals surface area contributed by atoms with Crippen molar-refractivity contribution in [2.45, 2.75) is 40.2 Å².